The summed E-state index contributed by atoms with van der Waals surface area (Å²) < 4.78 is 0. The largest absolute Gasteiger partial charge is 0.236 e. The fourth-order valence-corrected chi connectivity index (χ4v) is 1.71. The number of pyridine rings is 1. The van der Waals surface area contributed by atoms with Crippen LogP contribution in [-0.4, -0.2) is 4.98 Å². The van der Waals surface area contributed by atoms with Gasteiger partial charge in [0.25, 0.3) is 0 Å². The van der Waals surface area contributed by atoms with E-state index < -0.39 is 0 Å². The van der Waals surface area contributed by atoms with Gasteiger partial charge in [-0.15, -0.1) is 0 Å². The molecule has 0 N–H and O–H groups in total. The highest BCUT2D eigenvalue weighted by atomic mass is 35.5. The first-order valence-corrected chi connectivity index (χ1v) is 5.00. The first kappa shape index (κ1) is 9.47. The number of hydrogen-bond donors (Lipinski definition) is 0. The van der Waals surface area contributed by atoms with Gasteiger partial charge >= 0.3 is 0 Å². The van der Waals surface area contributed by atoms with Crippen LogP contribution in [0, 0.1) is 20.8 Å². The summed E-state index contributed by atoms with van der Waals surface area (Å²) in [6.45, 7) is 6.14. The Labute approximate surface area is 88.7 Å². The molecule has 72 valence electrons. The van der Waals surface area contributed by atoms with E-state index in [4.69, 9.17) is 11.6 Å². The summed E-state index contributed by atoms with van der Waals surface area (Å²) in [7, 11) is 0. The van der Waals surface area contributed by atoms with E-state index in [9.17, 15) is 0 Å². The normalized spacial score (nSPS) is 10.9. The fourth-order valence-electron chi connectivity index (χ4n) is 1.57. The zero-order chi connectivity index (χ0) is 10.3. The van der Waals surface area contributed by atoms with Crippen LogP contribution in [0.25, 0.3) is 10.9 Å². The molecule has 14 heavy (non-hydrogen) atoms. The monoisotopic (exact) mass is 205 g/mol. The van der Waals surface area contributed by atoms with Gasteiger partial charge in [0, 0.05) is 5.39 Å². The summed E-state index contributed by atoms with van der Waals surface area (Å²) in [6, 6.07) is 6.29. The minimum Gasteiger partial charge on any atom is -0.236 e. The summed E-state index contributed by atoms with van der Waals surface area (Å²) >= 11 is 6.00. The molecule has 0 saturated heterocycles. The van der Waals surface area contributed by atoms with Crippen molar-refractivity contribution in [3.8, 4) is 0 Å². The summed E-state index contributed by atoms with van der Waals surface area (Å²) in [5, 5.41) is 1.77. The second kappa shape index (κ2) is 3.25. The Balaban J connectivity index is 2.89. The van der Waals surface area contributed by atoms with Gasteiger partial charge < -0.3 is 0 Å². The van der Waals surface area contributed by atoms with Crippen molar-refractivity contribution in [1.29, 1.82) is 0 Å². The lowest BCUT2D eigenvalue weighted by molar-refractivity contribution is 1.28. The van der Waals surface area contributed by atoms with Crippen LogP contribution >= 0.6 is 11.6 Å². The molecule has 1 heterocycles. The van der Waals surface area contributed by atoms with Gasteiger partial charge in [0.2, 0.25) is 0 Å². The third-order valence-corrected chi connectivity index (χ3v) is 3.02. The second-order valence-corrected chi connectivity index (χ2v) is 4.03. The number of nitrogens with zero attached hydrogens (tertiary/aromatic N) is 1. The van der Waals surface area contributed by atoms with Gasteiger partial charge in [0.15, 0.2) is 0 Å². The van der Waals surface area contributed by atoms with Gasteiger partial charge in [-0.1, -0.05) is 23.7 Å². The molecule has 1 aromatic heterocycles. The summed E-state index contributed by atoms with van der Waals surface area (Å²) in [4.78, 5) is 4.40. The molecule has 0 aliphatic heterocycles. The van der Waals surface area contributed by atoms with E-state index in [2.05, 4.69) is 37.0 Å². The van der Waals surface area contributed by atoms with Crippen LogP contribution in [0.5, 0.6) is 0 Å². The minimum atomic E-state index is 0.603. The van der Waals surface area contributed by atoms with Crippen LogP contribution in [0.2, 0.25) is 5.15 Å². The highest BCUT2D eigenvalue weighted by molar-refractivity contribution is 6.30. The molecule has 1 nitrogen and oxygen atoms in total. The van der Waals surface area contributed by atoms with Gasteiger partial charge in [-0.05, 0) is 43.5 Å². The Kier molecular flexibility index (Phi) is 2.20. The molecule has 0 bridgehead atoms. The van der Waals surface area contributed by atoms with Crippen molar-refractivity contribution in [3.63, 3.8) is 0 Å². The molecule has 2 heteroatoms. The Bertz CT molecular complexity index is 503. The van der Waals surface area contributed by atoms with E-state index in [1.54, 1.807) is 0 Å². The first-order chi connectivity index (χ1) is 6.59. The molecule has 0 aliphatic carbocycles. The Morgan fingerprint density at radius 3 is 2.50 bits per heavy atom. The average Bonchev–Trinajstić information content (AvgIpc) is 2.15. The van der Waals surface area contributed by atoms with Crippen molar-refractivity contribution < 1.29 is 0 Å². The predicted molar refractivity (Wildman–Crippen MR) is 61.0 cm³/mol. The first-order valence-electron chi connectivity index (χ1n) is 4.62. The molecule has 0 aliphatic rings. The van der Waals surface area contributed by atoms with Crippen LogP contribution in [0.1, 0.15) is 16.7 Å². The molecule has 0 saturated carbocycles. The van der Waals surface area contributed by atoms with Crippen molar-refractivity contribution in [1.82, 2.24) is 4.98 Å². The zero-order valence-electron chi connectivity index (χ0n) is 8.56. The van der Waals surface area contributed by atoms with Crippen LogP contribution in [-0.2, 0) is 0 Å². The Morgan fingerprint density at radius 2 is 1.79 bits per heavy atom. The van der Waals surface area contributed by atoms with Crippen molar-refractivity contribution in [2.75, 3.05) is 0 Å². The molecule has 0 atom stereocenters. The van der Waals surface area contributed by atoms with Crippen LogP contribution in [0.3, 0.4) is 0 Å². The number of fused-ring (bicyclic) bond motifs is 1. The van der Waals surface area contributed by atoms with Crippen LogP contribution in [0.15, 0.2) is 18.2 Å². The van der Waals surface area contributed by atoms with Crippen molar-refractivity contribution in [3.05, 3.63) is 40.0 Å². The number of rotatable bonds is 0. The molecule has 0 amide bonds. The fraction of sp³-hybridized carbons (Fsp3) is 0.250. The maximum absolute atomic E-state index is 6.00. The van der Waals surface area contributed by atoms with E-state index in [1.165, 1.54) is 11.1 Å². The van der Waals surface area contributed by atoms with Gasteiger partial charge in [0.05, 0.1) is 5.52 Å². The topological polar surface area (TPSA) is 12.9 Å². The van der Waals surface area contributed by atoms with Crippen molar-refractivity contribution in [2.24, 2.45) is 0 Å². The number of aryl methyl sites for hydroxylation is 3. The summed E-state index contributed by atoms with van der Waals surface area (Å²) in [6.07, 6.45) is 0. The number of aromatic nitrogens is 1. The predicted octanol–water partition coefficient (Wildman–Crippen LogP) is 3.81. The van der Waals surface area contributed by atoms with Gasteiger partial charge in [-0.25, -0.2) is 4.98 Å². The average molecular weight is 206 g/mol. The third kappa shape index (κ3) is 1.38. The van der Waals surface area contributed by atoms with E-state index in [0.717, 1.165) is 16.5 Å². The number of hydrogen-bond acceptors (Lipinski definition) is 1. The molecule has 2 rings (SSSR count). The smallest absolute Gasteiger partial charge is 0.132 e. The molecule has 1 aromatic carbocycles. The van der Waals surface area contributed by atoms with E-state index >= 15 is 0 Å². The lowest BCUT2D eigenvalue weighted by Gasteiger charge is -2.06. The van der Waals surface area contributed by atoms with Crippen LogP contribution in [0.4, 0.5) is 0 Å². The lowest BCUT2D eigenvalue weighted by Crippen LogP contribution is -1.89. The molecule has 0 unspecified atom stereocenters. The van der Waals surface area contributed by atoms with Gasteiger partial charge in [-0.2, -0.15) is 0 Å². The standard InChI is InChI=1S/C12H12ClN/c1-7-4-5-10-6-8(2)12(13)14-11(10)9(7)3/h4-6H,1-3H3. The number of benzene rings is 1. The molecule has 0 radical (unpaired) electrons. The van der Waals surface area contributed by atoms with E-state index in [1.807, 2.05) is 6.92 Å². The van der Waals surface area contributed by atoms with E-state index in [0.29, 0.717) is 5.15 Å². The Morgan fingerprint density at radius 1 is 1.07 bits per heavy atom. The summed E-state index contributed by atoms with van der Waals surface area (Å²) in [5.74, 6) is 0. The highest BCUT2D eigenvalue weighted by Gasteiger charge is 2.04. The quantitative estimate of drug-likeness (QED) is 0.596. The summed E-state index contributed by atoms with van der Waals surface area (Å²) in [5.41, 5.74) is 4.51. The van der Waals surface area contributed by atoms with Crippen molar-refractivity contribution >= 4 is 22.5 Å². The van der Waals surface area contributed by atoms with Crippen LogP contribution < -0.4 is 0 Å². The number of halogens is 1. The zero-order valence-corrected chi connectivity index (χ0v) is 9.31. The van der Waals surface area contributed by atoms with E-state index in [-0.39, 0.29) is 0 Å². The van der Waals surface area contributed by atoms with Gasteiger partial charge in [0.1, 0.15) is 5.15 Å². The van der Waals surface area contributed by atoms with Gasteiger partial charge in [-0.3, -0.25) is 0 Å². The lowest BCUT2D eigenvalue weighted by atomic mass is 10.0. The Hall–Kier alpha value is -1.08. The third-order valence-electron chi connectivity index (χ3n) is 2.64. The SMILES string of the molecule is Cc1cc2ccc(C)c(C)c2nc1Cl. The maximum atomic E-state index is 6.00. The maximum Gasteiger partial charge on any atom is 0.132 e. The highest BCUT2D eigenvalue weighted by Crippen LogP contribution is 2.23. The second-order valence-electron chi connectivity index (χ2n) is 3.68. The molecular weight excluding hydrogens is 194 g/mol. The minimum absolute atomic E-state index is 0.603. The molecule has 0 spiro atoms. The molecule has 2 aromatic rings. The molecular formula is C12H12ClN. The van der Waals surface area contributed by atoms with Crippen molar-refractivity contribution in [2.45, 2.75) is 20.8 Å². The molecule has 0 fully saturated rings.